The van der Waals surface area contributed by atoms with Crippen LogP contribution in [0.15, 0.2) is 91.0 Å². The third-order valence-electron chi connectivity index (χ3n) is 5.63. The van der Waals surface area contributed by atoms with Gasteiger partial charge in [-0.1, -0.05) is 104 Å². The molecule has 0 unspecified atom stereocenters. The van der Waals surface area contributed by atoms with Crippen LogP contribution in [-0.4, -0.2) is 35.1 Å². The van der Waals surface area contributed by atoms with Crippen LogP contribution in [0, 0.1) is 0 Å². The topological polar surface area (TPSA) is 49.4 Å². The summed E-state index contributed by atoms with van der Waals surface area (Å²) in [4.78, 5) is 28.6. The first kappa shape index (κ1) is 25.6. The molecule has 2 amide bonds. The Labute approximate surface area is 207 Å². The van der Waals surface area contributed by atoms with E-state index in [0.717, 1.165) is 29.7 Å². The van der Waals surface area contributed by atoms with E-state index in [4.69, 9.17) is 0 Å². The summed E-state index contributed by atoms with van der Waals surface area (Å²) in [5.41, 5.74) is 3.25. The second kappa shape index (κ2) is 14.3. The third-order valence-corrected chi connectivity index (χ3v) is 6.62. The third kappa shape index (κ3) is 8.38. The molecular weight excluding hydrogens is 440 g/mol. The minimum absolute atomic E-state index is 0.0173. The van der Waals surface area contributed by atoms with E-state index in [0.29, 0.717) is 25.3 Å². The van der Waals surface area contributed by atoms with Crippen LogP contribution in [0.4, 0.5) is 0 Å². The highest BCUT2D eigenvalue weighted by Crippen LogP contribution is 2.18. The first-order valence-corrected chi connectivity index (χ1v) is 13.1. The average Bonchev–Trinajstić information content (AvgIpc) is 2.88. The molecule has 3 rings (SSSR count). The van der Waals surface area contributed by atoms with Gasteiger partial charge in [-0.3, -0.25) is 9.59 Å². The summed E-state index contributed by atoms with van der Waals surface area (Å²) in [5.74, 6) is 0.985. The molecule has 0 aliphatic carbocycles. The number of hydrogen-bond donors (Lipinski definition) is 1. The van der Waals surface area contributed by atoms with E-state index >= 15 is 0 Å². The van der Waals surface area contributed by atoms with Gasteiger partial charge in [-0.05, 0) is 23.1 Å². The van der Waals surface area contributed by atoms with Crippen LogP contribution in [0.1, 0.15) is 36.5 Å². The van der Waals surface area contributed by atoms with Crippen molar-refractivity contribution in [2.24, 2.45) is 0 Å². The zero-order valence-corrected chi connectivity index (χ0v) is 20.7. The Morgan fingerprint density at radius 1 is 0.824 bits per heavy atom. The lowest BCUT2D eigenvalue weighted by Crippen LogP contribution is -2.51. The second-order valence-electron chi connectivity index (χ2n) is 8.34. The predicted molar refractivity (Wildman–Crippen MR) is 141 cm³/mol. The molecule has 4 nitrogen and oxygen atoms in total. The maximum atomic E-state index is 13.5. The molecule has 3 aromatic rings. The van der Waals surface area contributed by atoms with Crippen molar-refractivity contribution in [2.45, 2.75) is 44.5 Å². The van der Waals surface area contributed by atoms with E-state index in [1.165, 1.54) is 5.56 Å². The molecule has 0 radical (unpaired) electrons. The van der Waals surface area contributed by atoms with Crippen LogP contribution in [0.5, 0.6) is 0 Å². The van der Waals surface area contributed by atoms with Gasteiger partial charge in [-0.2, -0.15) is 0 Å². The van der Waals surface area contributed by atoms with Crippen molar-refractivity contribution in [3.05, 3.63) is 108 Å². The summed E-state index contributed by atoms with van der Waals surface area (Å²) in [6, 6.07) is 29.4. The van der Waals surface area contributed by atoms with Gasteiger partial charge >= 0.3 is 0 Å². The van der Waals surface area contributed by atoms with Crippen LogP contribution in [0.25, 0.3) is 0 Å². The first-order chi connectivity index (χ1) is 16.7. The van der Waals surface area contributed by atoms with Crippen molar-refractivity contribution in [3.63, 3.8) is 0 Å². The van der Waals surface area contributed by atoms with Crippen molar-refractivity contribution in [1.82, 2.24) is 10.2 Å². The number of nitrogens with one attached hydrogen (secondary N) is 1. The molecule has 3 aromatic carbocycles. The highest BCUT2D eigenvalue weighted by Gasteiger charge is 2.30. The summed E-state index contributed by atoms with van der Waals surface area (Å²) in [6.07, 6.45) is 2.41. The van der Waals surface area contributed by atoms with E-state index in [2.05, 4.69) is 24.4 Å². The molecule has 0 bridgehead atoms. The minimum Gasteiger partial charge on any atom is -0.354 e. The van der Waals surface area contributed by atoms with Gasteiger partial charge < -0.3 is 10.2 Å². The normalized spacial score (nSPS) is 11.6. The lowest BCUT2D eigenvalue weighted by molar-refractivity contribution is -0.139. The van der Waals surface area contributed by atoms with Gasteiger partial charge in [0.2, 0.25) is 11.8 Å². The minimum atomic E-state index is -0.565. The van der Waals surface area contributed by atoms with Crippen LogP contribution < -0.4 is 5.32 Å². The molecule has 1 N–H and O–H groups in total. The summed E-state index contributed by atoms with van der Waals surface area (Å²) in [6.45, 7) is 3.13. The molecule has 0 fully saturated rings. The summed E-state index contributed by atoms with van der Waals surface area (Å²) < 4.78 is 0. The van der Waals surface area contributed by atoms with E-state index in [1.54, 1.807) is 16.7 Å². The first-order valence-electron chi connectivity index (χ1n) is 11.9. The number of carbonyl (C=O) groups excluding carboxylic acids is 2. The van der Waals surface area contributed by atoms with Crippen molar-refractivity contribution in [2.75, 3.05) is 12.3 Å². The Morgan fingerprint density at radius 3 is 1.97 bits per heavy atom. The van der Waals surface area contributed by atoms with Gasteiger partial charge in [-0.25, -0.2) is 0 Å². The quantitative estimate of drug-likeness (QED) is 0.334. The smallest absolute Gasteiger partial charge is 0.243 e. The molecule has 0 aromatic heterocycles. The zero-order chi connectivity index (χ0) is 24.0. The number of carbonyl (C=O) groups is 2. The number of rotatable bonds is 13. The molecular formula is C29H34N2O2S. The number of unbranched alkanes of at least 4 members (excludes halogenated alkanes) is 1. The lowest BCUT2D eigenvalue weighted by Gasteiger charge is -2.31. The van der Waals surface area contributed by atoms with Crippen LogP contribution in [-0.2, 0) is 28.3 Å². The molecule has 34 heavy (non-hydrogen) atoms. The van der Waals surface area contributed by atoms with Crippen molar-refractivity contribution in [3.8, 4) is 0 Å². The average molecular weight is 475 g/mol. The fraction of sp³-hybridized carbons (Fsp3) is 0.310. The van der Waals surface area contributed by atoms with Crippen LogP contribution >= 0.6 is 11.8 Å². The lowest BCUT2D eigenvalue weighted by atomic mass is 10.0. The summed E-state index contributed by atoms with van der Waals surface area (Å²) >= 11 is 1.59. The fourth-order valence-corrected chi connectivity index (χ4v) is 4.62. The largest absolute Gasteiger partial charge is 0.354 e. The van der Waals surface area contributed by atoms with E-state index in [1.807, 2.05) is 78.9 Å². The van der Waals surface area contributed by atoms with Crippen molar-refractivity contribution >= 4 is 23.6 Å². The molecule has 0 heterocycles. The van der Waals surface area contributed by atoms with E-state index in [-0.39, 0.29) is 11.8 Å². The van der Waals surface area contributed by atoms with E-state index in [9.17, 15) is 9.59 Å². The maximum Gasteiger partial charge on any atom is 0.243 e. The number of thioether (sulfide) groups is 1. The Balaban J connectivity index is 1.80. The Hall–Kier alpha value is -3.05. The van der Waals surface area contributed by atoms with Gasteiger partial charge in [0.1, 0.15) is 6.04 Å². The standard InChI is InChI=1S/C29H34N2O2S/c1-2-3-19-30-29(33)27(20-24-13-7-4-8-14-24)31(21-25-15-9-5-10-16-25)28(32)23-34-22-26-17-11-6-12-18-26/h4-18,27H,2-3,19-23H2,1H3,(H,30,33)/t27-/m1/s1. The SMILES string of the molecule is CCCCNC(=O)[C@@H](Cc1ccccc1)N(Cc1ccccc1)C(=O)CSCc1ccccc1. The van der Waals surface area contributed by atoms with Crippen molar-refractivity contribution < 1.29 is 9.59 Å². The number of hydrogen-bond acceptors (Lipinski definition) is 3. The molecule has 1 atom stereocenters. The predicted octanol–water partition coefficient (Wildman–Crippen LogP) is 5.48. The number of amides is 2. The summed E-state index contributed by atoms with van der Waals surface area (Å²) in [7, 11) is 0. The van der Waals surface area contributed by atoms with Crippen molar-refractivity contribution in [1.29, 1.82) is 0 Å². The van der Waals surface area contributed by atoms with Crippen LogP contribution in [0.3, 0.4) is 0 Å². The molecule has 0 aliphatic rings. The molecule has 0 aliphatic heterocycles. The monoisotopic (exact) mass is 474 g/mol. The summed E-state index contributed by atoms with van der Waals surface area (Å²) in [5, 5.41) is 3.07. The molecule has 0 saturated heterocycles. The van der Waals surface area contributed by atoms with Gasteiger partial charge in [0.05, 0.1) is 5.75 Å². The molecule has 0 spiro atoms. The Bertz CT molecular complexity index is 996. The Morgan fingerprint density at radius 2 is 1.38 bits per heavy atom. The maximum absolute atomic E-state index is 13.5. The Kier molecular flexibility index (Phi) is 10.7. The van der Waals surface area contributed by atoms with Gasteiger partial charge in [0.15, 0.2) is 0 Å². The van der Waals surface area contributed by atoms with E-state index < -0.39 is 6.04 Å². The van der Waals surface area contributed by atoms with Crippen LogP contribution in [0.2, 0.25) is 0 Å². The highest BCUT2D eigenvalue weighted by molar-refractivity contribution is 7.99. The molecule has 0 saturated carbocycles. The zero-order valence-electron chi connectivity index (χ0n) is 19.9. The molecule has 5 heteroatoms. The second-order valence-corrected chi connectivity index (χ2v) is 9.32. The number of benzene rings is 3. The highest BCUT2D eigenvalue weighted by atomic mass is 32.2. The molecule has 178 valence electrons. The van der Waals surface area contributed by atoms with Gasteiger partial charge in [0.25, 0.3) is 0 Å². The number of nitrogens with zero attached hydrogens (tertiary/aromatic N) is 1. The fourth-order valence-electron chi connectivity index (χ4n) is 3.75. The van der Waals surface area contributed by atoms with Gasteiger partial charge in [0, 0.05) is 25.3 Å². The van der Waals surface area contributed by atoms with Gasteiger partial charge in [-0.15, -0.1) is 11.8 Å².